The molecule has 1 atom stereocenters. The lowest BCUT2D eigenvalue weighted by Crippen LogP contribution is -2.54. The molecule has 1 fully saturated rings. The zero-order chi connectivity index (χ0) is 11.8. The van der Waals surface area contributed by atoms with Gasteiger partial charge in [0.2, 0.25) is 0 Å². The van der Waals surface area contributed by atoms with Crippen molar-refractivity contribution >= 4 is 0 Å². The lowest BCUT2D eigenvalue weighted by Gasteiger charge is -2.45. The molecule has 1 aliphatic heterocycles. The van der Waals surface area contributed by atoms with Crippen molar-refractivity contribution in [3.05, 3.63) is 29.8 Å². The van der Waals surface area contributed by atoms with Crippen molar-refractivity contribution in [1.82, 2.24) is 5.32 Å². The molecule has 2 heteroatoms. The van der Waals surface area contributed by atoms with E-state index in [0.717, 1.165) is 12.0 Å². The van der Waals surface area contributed by atoms with Gasteiger partial charge in [0.15, 0.2) is 0 Å². The van der Waals surface area contributed by atoms with E-state index in [2.05, 4.69) is 26.1 Å². The number of nitrogens with one attached hydrogen (secondary N) is 1. The second-order valence-corrected chi connectivity index (χ2v) is 5.71. The second-order valence-electron chi connectivity index (χ2n) is 5.71. The van der Waals surface area contributed by atoms with Crippen molar-refractivity contribution in [2.75, 3.05) is 0 Å². The topological polar surface area (TPSA) is 32.3 Å². The van der Waals surface area contributed by atoms with Crippen LogP contribution in [0.3, 0.4) is 0 Å². The molecule has 0 aliphatic carbocycles. The fourth-order valence-electron chi connectivity index (χ4n) is 2.90. The Bertz CT molecular complexity index is 386. The van der Waals surface area contributed by atoms with E-state index in [0.29, 0.717) is 5.75 Å². The minimum Gasteiger partial charge on any atom is -0.508 e. The molecule has 1 aliphatic rings. The zero-order valence-corrected chi connectivity index (χ0v) is 10.4. The SMILES string of the molecule is CC1(C)CCCC(C)(c2ccccc2O)N1. The molecular weight excluding hydrogens is 198 g/mol. The summed E-state index contributed by atoms with van der Waals surface area (Å²) in [5.41, 5.74) is 1.06. The van der Waals surface area contributed by atoms with Crippen LogP contribution in [0.4, 0.5) is 0 Å². The molecule has 2 nitrogen and oxygen atoms in total. The molecule has 2 rings (SSSR count). The van der Waals surface area contributed by atoms with Gasteiger partial charge in [-0.1, -0.05) is 18.2 Å². The predicted octanol–water partition coefficient (Wildman–Crippen LogP) is 3.16. The molecular formula is C14H21NO. The number of hydrogen-bond acceptors (Lipinski definition) is 2. The lowest BCUT2D eigenvalue weighted by atomic mass is 9.77. The third kappa shape index (κ3) is 2.07. The Kier molecular flexibility index (Phi) is 2.70. The van der Waals surface area contributed by atoms with E-state index in [1.165, 1.54) is 12.8 Å². The zero-order valence-electron chi connectivity index (χ0n) is 10.4. The number of phenolic OH excluding ortho intramolecular Hbond substituents is 1. The first kappa shape index (κ1) is 11.5. The number of phenols is 1. The number of aromatic hydroxyl groups is 1. The third-order valence-electron chi connectivity index (χ3n) is 3.59. The van der Waals surface area contributed by atoms with Crippen LogP contribution in [-0.4, -0.2) is 10.6 Å². The van der Waals surface area contributed by atoms with Crippen LogP contribution < -0.4 is 5.32 Å². The Morgan fingerprint density at radius 3 is 2.44 bits per heavy atom. The van der Waals surface area contributed by atoms with Gasteiger partial charge in [-0.05, 0) is 46.1 Å². The van der Waals surface area contributed by atoms with Crippen LogP contribution in [0.25, 0.3) is 0 Å². The van der Waals surface area contributed by atoms with Crippen molar-refractivity contribution < 1.29 is 5.11 Å². The molecule has 0 spiro atoms. The minimum absolute atomic E-state index is 0.104. The molecule has 1 unspecified atom stereocenters. The van der Waals surface area contributed by atoms with E-state index in [1.54, 1.807) is 6.07 Å². The van der Waals surface area contributed by atoms with Crippen LogP contribution in [0.1, 0.15) is 45.6 Å². The Labute approximate surface area is 97.7 Å². The molecule has 16 heavy (non-hydrogen) atoms. The molecule has 1 aromatic rings. The summed E-state index contributed by atoms with van der Waals surface area (Å²) in [5.74, 6) is 0.398. The number of piperidine rings is 1. The van der Waals surface area contributed by atoms with E-state index in [9.17, 15) is 5.11 Å². The number of hydrogen-bond donors (Lipinski definition) is 2. The molecule has 0 saturated carbocycles. The van der Waals surface area contributed by atoms with E-state index in [-0.39, 0.29) is 11.1 Å². The molecule has 0 aromatic heterocycles. The van der Waals surface area contributed by atoms with Crippen molar-refractivity contribution in [2.45, 2.75) is 51.1 Å². The average molecular weight is 219 g/mol. The Morgan fingerprint density at radius 2 is 1.81 bits per heavy atom. The van der Waals surface area contributed by atoms with Gasteiger partial charge in [-0.15, -0.1) is 0 Å². The van der Waals surface area contributed by atoms with E-state index >= 15 is 0 Å². The minimum atomic E-state index is -0.104. The molecule has 1 saturated heterocycles. The number of rotatable bonds is 1. The van der Waals surface area contributed by atoms with Gasteiger partial charge in [-0.25, -0.2) is 0 Å². The first-order valence-corrected chi connectivity index (χ1v) is 6.01. The van der Waals surface area contributed by atoms with Crippen LogP contribution in [0.2, 0.25) is 0 Å². The van der Waals surface area contributed by atoms with Crippen molar-refractivity contribution in [1.29, 1.82) is 0 Å². The highest BCUT2D eigenvalue weighted by molar-refractivity contribution is 5.38. The van der Waals surface area contributed by atoms with Crippen LogP contribution in [0, 0.1) is 0 Å². The summed E-state index contributed by atoms with van der Waals surface area (Å²) in [6.07, 6.45) is 3.47. The highest BCUT2D eigenvalue weighted by atomic mass is 16.3. The smallest absolute Gasteiger partial charge is 0.120 e. The van der Waals surface area contributed by atoms with Crippen LogP contribution >= 0.6 is 0 Å². The first-order valence-electron chi connectivity index (χ1n) is 6.01. The van der Waals surface area contributed by atoms with E-state index in [1.807, 2.05) is 18.2 Å². The van der Waals surface area contributed by atoms with Crippen molar-refractivity contribution in [3.63, 3.8) is 0 Å². The van der Waals surface area contributed by atoms with Crippen molar-refractivity contribution in [3.8, 4) is 5.75 Å². The molecule has 0 amide bonds. The molecule has 1 aromatic carbocycles. The highest BCUT2D eigenvalue weighted by Crippen LogP contribution is 2.39. The van der Waals surface area contributed by atoms with E-state index < -0.39 is 0 Å². The van der Waals surface area contributed by atoms with Crippen LogP contribution in [0.15, 0.2) is 24.3 Å². The molecule has 2 N–H and O–H groups in total. The molecule has 0 bridgehead atoms. The fourth-order valence-corrected chi connectivity index (χ4v) is 2.90. The predicted molar refractivity (Wildman–Crippen MR) is 66.5 cm³/mol. The van der Waals surface area contributed by atoms with Gasteiger partial charge in [-0.2, -0.15) is 0 Å². The third-order valence-corrected chi connectivity index (χ3v) is 3.59. The standard InChI is InChI=1S/C14H21NO/c1-13(2)9-6-10-14(3,15-13)11-7-4-5-8-12(11)16/h4-5,7-8,15-16H,6,9-10H2,1-3H3. The summed E-state index contributed by atoms with van der Waals surface area (Å²) in [7, 11) is 0. The number of benzene rings is 1. The normalized spacial score (nSPS) is 28.9. The maximum absolute atomic E-state index is 9.96. The van der Waals surface area contributed by atoms with Gasteiger partial charge in [0, 0.05) is 16.6 Å². The van der Waals surface area contributed by atoms with Gasteiger partial charge in [-0.3, -0.25) is 0 Å². The molecule has 88 valence electrons. The lowest BCUT2D eigenvalue weighted by molar-refractivity contribution is 0.165. The van der Waals surface area contributed by atoms with Crippen molar-refractivity contribution in [2.24, 2.45) is 0 Å². The van der Waals surface area contributed by atoms with Gasteiger partial charge >= 0.3 is 0 Å². The highest BCUT2D eigenvalue weighted by Gasteiger charge is 2.37. The second kappa shape index (κ2) is 3.77. The summed E-state index contributed by atoms with van der Waals surface area (Å²) in [6.45, 7) is 6.64. The summed E-state index contributed by atoms with van der Waals surface area (Å²) in [5, 5.41) is 13.6. The molecule has 1 heterocycles. The first-order chi connectivity index (χ1) is 7.43. The monoisotopic (exact) mass is 219 g/mol. The van der Waals surface area contributed by atoms with Crippen LogP contribution in [-0.2, 0) is 5.54 Å². The van der Waals surface area contributed by atoms with Gasteiger partial charge < -0.3 is 10.4 Å². The summed E-state index contributed by atoms with van der Waals surface area (Å²) in [6, 6.07) is 7.65. The van der Waals surface area contributed by atoms with E-state index in [4.69, 9.17) is 0 Å². The fraction of sp³-hybridized carbons (Fsp3) is 0.571. The van der Waals surface area contributed by atoms with Crippen LogP contribution in [0.5, 0.6) is 5.75 Å². The quantitative estimate of drug-likeness (QED) is 0.760. The Balaban J connectivity index is 2.35. The van der Waals surface area contributed by atoms with Gasteiger partial charge in [0.1, 0.15) is 5.75 Å². The summed E-state index contributed by atoms with van der Waals surface area (Å²) >= 11 is 0. The Hall–Kier alpha value is -1.02. The van der Waals surface area contributed by atoms with Gasteiger partial charge in [0.05, 0.1) is 0 Å². The maximum Gasteiger partial charge on any atom is 0.120 e. The van der Waals surface area contributed by atoms with Gasteiger partial charge in [0.25, 0.3) is 0 Å². The summed E-state index contributed by atoms with van der Waals surface area (Å²) < 4.78 is 0. The Morgan fingerprint density at radius 1 is 1.12 bits per heavy atom. The summed E-state index contributed by atoms with van der Waals surface area (Å²) in [4.78, 5) is 0. The average Bonchev–Trinajstić information content (AvgIpc) is 2.16. The maximum atomic E-state index is 9.96. The molecule has 0 radical (unpaired) electrons. The number of para-hydroxylation sites is 1. The largest absolute Gasteiger partial charge is 0.508 e.